The number of likely N-dealkylation sites (N-methyl/N-ethyl adjacent to an activating group) is 1. The van der Waals surface area contributed by atoms with Gasteiger partial charge < -0.3 is 19.7 Å². The maximum absolute atomic E-state index is 12.7. The maximum atomic E-state index is 12.7. The molecule has 1 unspecified atom stereocenters. The van der Waals surface area contributed by atoms with Crippen LogP contribution in [0.5, 0.6) is 0 Å². The normalized spacial score (nSPS) is 20.4. The van der Waals surface area contributed by atoms with Crippen LogP contribution < -0.4 is 5.32 Å². The van der Waals surface area contributed by atoms with Crippen molar-refractivity contribution >= 4 is 11.7 Å². The topological polar surface area (TPSA) is 66.3 Å². The number of rotatable bonds is 2. The first-order valence-corrected chi connectivity index (χ1v) is 9.75. The SMILES string of the molecule is Cc1ccc(NC(=O)N2CCC(c3nnc4n3CCN(C)CC4)C2)cc1C. The fourth-order valence-electron chi connectivity index (χ4n) is 3.93. The minimum absolute atomic E-state index is 0.0314. The summed E-state index contributed by atoms with van der Waals surface area (Å²) in [4.78, 5) is 16.9. The van der Waals surface area contributed by atoms with Crippen LogP contribution in [0.1, 0.15) is 35.1 Å². The Morgan fingerprint density at radius 3 is 2.78 bits per heavy atom. The molecule has 1 N–H and O–H groups in total. The molecule has 1 saturated heterocycles. The highest BCUT2D eigenvalue weighted by molar-refractivity contribution is 5.89. The van der Waals surface area contributed by atoms with Crippen molar-refractivity contribution in [1.29, 1.82) is 0 Å². The Morgan fingerprint density at radius 1 is 1.11 bits per heavy atom. The molecule has 0 aliphatic carbocycles. The van der Waals surface area contributed by atoms with E-state index in [1.807, 2.05) is 23.1 Å². The number of anilines is 1. The van der Waals surface area contributed by atoms with E-state index in [9.17, 15) is 4.79 Å². The number of nitrogens with zero attached hydrogens (tertiary/aromatic N) is 5. The maximum Gasteiger partial charge on any atom is 0.321 e. The zero-order valence-corrected chi connectivity index (χ0v) is 16.4. The molecule has 7 heteroatoms. The molecule has 0 radical (unpaired) electrons. The van der Waals surface area contributed by atoms with Crippen LogP contribution in [0.15, 0.2) is 18.2 Å². The molecule has 2 amide bonds. The highest BCUT2D eigenvalue weighted by atomic mass is 16.2. The minimum atomic E-state index is -0.0314. The Labute approximate surface area is 160 Å². The van der Waals surface area contributed by atoms with Gasteiger partial charge >= 0.3 is 6.03 Å². The summed E-state index contributed by atoms with van der Waals surface area (Å²) >= 11 is 0. The molecule has 1 atom stereocenters. The quantitative estimate of drug-likeness (QED) is 0.884. The van der Waals surface area contributed by atoms with Gasteiger partial charge in [-0.25, -0.2) is 4.79 Å². The van der Waals surface area contributed by atoms with Crippen LogP contribution in [0.4, 0.5) is 10.5 Å². The minimum Gasteiger partial charge on any atom is -0.324 e. The standard InChI is InChI=1S/C20H28N6O/c1-14-4-5-17(12-15(14)2)21-20(27)25-9-6-16(13-25)19-23-22-18-7-8-24(3)10-11-26(18)19/h4-5,12,16H,6-11,13H2,1-3H3,(H,21,27). The molecular weight excluding hydrogens is 340 g/mol. The van der Waals surface area contributed by atoms with E-state index in [2.05, 4.69) is 45.9 Å². The number of carbonyl (C=O) groups is 1. The van der Waals surface area contributed by atoms with Gasteiger partial charge in [0.15, 0.2) is 0 Å². The summed E-state index contributed by atoms with van der Waals surface area (Å²) in [6.07, 6.45) is 1.88. The summed E-state index contributed by atoms with van der Waals surface area (Å²) in [6.45, 7) is 8.55. The van der Waals surface area contributed by atoms with Gasteiger partial charge in [0.1, 0.15) is 11.6 Å². The number of benzene rings is 1. The zero-order chi connectivity index (χ0) is 19.0. The lowest BCUT2D eigenvalue weighted by Crippen LogP contribution is -2.33. The first-order valence-electron chi connectivity index (χ1n) is 9.75. The summed E-state index contributed by atoms with van der Waals surface area (Å²) < 4.78 is 2.28. The number of carbonyl (C=O) groups excluding carboxylic acids is 1. The fraction of sp³-hybridized carbons (Fsp3) is 0.550. The van der Waals surface area contributed by atoms with Crippen LogP contribution in [0, 0.1) is 13.8 Å². The first-order chi connectivity index (χ1) is 13.0. The second-order valence-corrected chi connectivity index (χ2v) is 7.84. The molecule has 2 aromatic rings. The van der Waals surface area contributed by atoms with E-state index in [0.29, 0.717) is 6.54 Å². The Hall–Kier alpha value is -2.41. The summed E-state index contributed by atoms with van der Waals surface area (Å²) in [6, 6.07) is 5.99. The van der Waals surface area contributed by atoms with E-state index in [1.165, 1.54) is 11.1 Å². The smallest absolute Gasteiger partial charge is 0.321 e. The van der Waals surface area contributed by atoms with Crippen molar-refractivity contribution in [2.45, 2.75) is 39.2 Å². The van der Waals surface area contributed by atoms with Crippen molar-refractivity contribution in [2.24, 2.45) is 0 Å². The molecule has 144 valence electrons. The van der Waals surface area contributed by atoms with Gasteiger partial charge in [-0.3, -0.25) is 0 Å². The number of hydrogen-bond acceptors (Lipinski definition) is 4. The lowest BCUT2D eigenvalue weighted by atomic mass is 10.1. The molecule has 3 heterocycles. The Bertz CT molecular complexity index is 845. The molecule has 4 rings (SSSR count). The summed E-state index contributed by atoms with van der Waals surface area (Å²) in [5, 5.41) is 11.9. The van der Waals surface area contributed by atoms with E-state index in [4.69, 9.17) is 0 Å². The molecular formula is C20H28N6O. The van der Waals surface area contributed by atoms with E-state index in [-0.39, 0.29) is 11.9 Å². The van der Waals surface area contributed by atoms with Gasteiger partial charge in [-0.1, -0.05) is 6.07 Å². The Kier molecular flexibility index (Phi) is 4.86. The third kappa shape index (κ3) is 3.69. The first kappa shape index (κ1) is 18.0. The number of fused-ring (bicyclic) bond motifs is 1. The molecule has 0 bridgehead atoms. The number of aromatic nitrogens is 3. The highest BCUT2D eigenvalue weighted by Crippen LogP contribution is 2.28. The monoisotopic (exact) mass is 368 g/mol. The molecule has 0 spiro atoms. The molecule has 1 fully saturated rings. The lowest BCUT2D eigenvalue weighted by molar-refractivity contribution is 0.222. The van der Waals surface area contributed by atoms with Crippen molar-refractivity contribution in [3.63, 3.8) is 0 Å². The Morgan fingerprint density at radius 2 is 1.96 bits per heavy atom. The lowest BCUT2D eigenvalue weighted by Gasteiger charge is -2.18. The molecule has 2 aliphatic heterocycles. The van der Waals surface area contributed by atoms with Crippen molar-refractivity contribution in [1.82, 2.24) is 24.6 Å². The van der Waals surface area contributed by atoms with Crippen LogP contribution in [0.25, 0.3) is 0 Å². The molecule has 1 aromatic heterocycles. The number of likely N-dealkylation sites (tertiary alicyclic amines) is 1. The van der Waals surface area contributed by atoms with E-state index >= 15 is 0 Å². The summed E-state index contributed by atoms with van der Waals surface area (Å²) in [5.74, 6) is 2.38. The van der Waals surface area contributed by atoms with Crippen molar-refractivity contribution in [3.8, 4) is 0 Å². The average Bonchev–Trinajstić information content (AvgIpc) is 3.24. The van der Waals surface area contributed by atoms with Crippen LogP contribution in [-0.4, -0.2) is 63.8 Å². The fourth-order valence-corrected chi connectivity index (χ4v) is 3.93. The van der Waals surface area contributed by atoms with Gasteiger partial charge in [0.25, 0.3) is 0 Å². The van der Waals surface area contributed by atoms with Crippen LogP contribution in [-0.2, 0) is 13.0 Å². The molecule has 2 aliphatic rings. The zero-order valence-electron chi connectivity index (χ0n) is 16.4. The van der Waals surface area contributed by atoms with Gasteiger partial charge in [0.05, 0.1) is 0 Å². The molecule has 1 aromatic carbocycles. The summed E-state index contributed by atoms with van der Waals surface area (Å²) in [5.41, 5.74) is 3.27. The Balaban J connectivity index is 1.42. The highest BCUT2D eigenvalue weighted by Gasteiger charge is 2.32. The van der Waals surface area contributed by atoms with E-state index < -0.39 is 0 Å². The second kappa shape index (κ2) is 7.31. The predicted molar refractivity (Wildman–Crippen MR) is 105 cm³/mol. The van der Waals surface area contributed by atoms with E-state index in [0.717, 1.165) is 56.4 Å². The predicted octanol–water partition coefficient (Wildman–Crippen LogP) is 2.40. The van der Waals surface area contributed by atoms with Gasteiger partial charge in [-0.15, -0.1) is 10.2 Å². The van der Waals surface area contributed by atoms with Crippen LogP contribution >= 0.6 is 0 Å². The molecule has 0 saturated carbocycles. The summed E-state index contributed by atoms with van der Waals surface area (Å²) in [7, 11) is 2.15. The van der Waals surface area contributed by atoms with Gasteiger partial charge in [-0.2, -0.15) is 0 Å². The van der Waals surface area contributed by atoms with Crippen molar-refractivity contribution in [3.05, 3.63) is 41.0 Å². The van der Waals surface area contributed by atoms with Gasteiger partial charge in [-0.05, 0) is 50.6 Å². The average molecular weight is 368 g/mol. The number of hydrogen-bond donors (Lipinski definition) is 1. The number of aryl methyl sites for hydroxylation is 2. The second-order valence-electron chi connectivity index (χ2n) is 7.84. The third-order valence-corrected chi connectivity index (χ3v) is 5.88. The van der Waals surface area contributed by atoms with Crippen molar-refractivity contribution in [2.75, 3.05) is 38.5 Å². The number of nitrogens with one attached hydrogen (secondary N) is 1. The van der Waals surface area contributed by atoms with Crippen molar-refractivity contribution < 1.29 is 4.79 Å². The number of urea groups is 1. The van der Waals surface area contributed by atoms with Gasteiger partial charge in [0, 0.05) is 50.7 Å². The largest absolute Gasteiger partial charge is 0.324 e. The number of amides is 2. The van der Waals surface area contributed by atoms with E-state index in [1.54, 1.807) is 0 Å². The van der Waals surface area contributed by atoms with Gasteiger partial charge in [0.2, 0.25) is 0 Å². The third-order valence-electron chi connectivity index (χ3n) is 5.88. The van der Waals surface area contributed by atoms with Crippen LogP contribution in [0.3, 0.4) is 0 Å². The molecule has 7 nitrogen and oxygen atoms in total. The molecule has 27 heavy (non-hydrogen) atoms. The van der Waals surface area contributed by atoms with Crippen LogP contribution in [0.2, 0.25) is 0 Å².